The van der Waals surface area contributed by atoms with Gasteiger partial charge in [0, 0.05) is 6.54 Å². The van der Waals surface area contributed by atoms with Crippen LogP contribution in [0.2, 0.25) is 0 Å². The molecule has 1 N–H and O–H groups in total. The molecule has 0 aromatic heterocycles. The van der Waals surface area contributed by atoms with Gasteiger partial charge in [-0.2, -0.15) is 0 Å². The van der Waals surface area contributed by atoms with Crippen LogP contribution in [0.25, 0.3) is 10.8 Å². The highest BCUT2D eigenvalue weighted by molar-refractivity contribution is 5.88. The van der Waals surface area contributed by atoms with Gasteiger partial charge >= 0.3 is 0 Å². The Labute approximate surface area is 120 Å². The van der Waals surface area contributed by atoms with E-state index in [2.05, 4.69) is 48.6 Å². The summed E-state index contributed by atoms with van der Waals surface area (Å²) in [7, 11) is 1.99. The molecule has 0 radical (unpaired) electrons. The third-order valence-electron chi connectivity index (χ3n) is 2.99. The Morgan fingerprint density at radius 3 is 1.89 bits per heavy atom. The van der Waals surface area contributed by atoms with Crippen LogP contribution in [-0.2, 0) is 13.0 Å². The van der Waals surface area contributed by atoms with Crippen molar-refractivity contribution in [2.45, 2.75) is 48.6 Å². The molecule has 2 aromatic rings. The summed E-state index contributed by atoms with van der Waals surface area (Å²) in [6.07, 6.45) is 2.37. The molecule has 0 aliphatic carbocycles. The third kappa shape index (κ3) is 4.36. The van der Waals surface area contributed by atoms with Gasteiger partial charge in [-0.15, -0.1) is 0 Å². The Morgan fingerprint density at radius 2 is 1.37 bits per heavy atom. The van der Waals surface area contributed by atoms with E-state index in [9.17, 15) is 0 Å². The van der Waals surface area contributed by atoms with Crippen molar-refractivity contribution in [2.24, 2.45) is 0 Å². The van der Waals surface area contributed by atoms with Crippen molar-refractivity contribution < 1.29 is 0 Å². The first kappa shape index (κ1) is 20.0. The molecule has 0 unspecified atom stereocenters. The molecule has 1 nitrogen and oxygen atoms in total. The van der Waals surface area contributed by atoms with Gasteiger partial charge in [0.2, 0.25) is 0 Å². The Bertz CT molecular complexity index is 430. The summed E-state index contributed by atoms with van der Waals surface area (Å²) in [5.74, 6) is 0. The molecule has 0 fully saturated rings. The number of nitrogens with one attached hydrogen (secondary N) is 1. The number of rotatable bonds is 4. The van der Waals surface area contributed by atoms with E-state index in [1.165, 1.54) is 34.7 Å². The number of hydrogen-bond donors (Lipinski definition) is 1. The molecular weight excluding hydrogens is 230 g/mol. The fourth-order valence-corrected chi connectivity index (χ4v) is 2.26. The van der Waals surface area contributed by atoms with Gasteiger partial charge in [0.15, 0.2) is 0 Å². The molecule has 108 valence electrons. The van der Waals surface area contributed by atoms with Gasteiger partial charge in [0.1, 0.15) is 0 Å². The summed E-state index contributed by atoms with van der Waals surface area (Å²) in [5, 5.41) is 6.03. The summed E-state index contributed by atoms with van der Waals surface area (Å²) >= 11 is 0. The van der Waals surface area contributed by atoms with Crippen LogP contribution >= 0.6 is 0 Å². The maximum absolute atomic E-state index is 3.23. The van der Waals surface area contributed by atoms with Crippen molar-refractivity contribution in [3.63, 3.8) is 0 Å². The summed E-state index contributed by atoms with van der Waals surface area (Å²) in [5.41, 5.74) is 2.86. The topological polar surface area (TPSA) is 12.0 Å². The van der Waals surface area contributed by atoms with E-state index >= 15 is 0 Å². The fraction of sp³-hybridized carbons (Fsp3) is 0.444. The van der Waals surface area contributed by atoms with E-state index in [1.54, 1.807) is 0 Å². The highest BCUT2D eigenvalue weighted by atomic mass is 14.8. The lowest BCUT2D eigenvalue weighted by Gasteiger charge is -2.10. The predicted molar refractivity (Wildman–Crippen MR) is 90.9 cm³/mol. The second-order valence-corrected chi connectivity index (χ2v) is 4.21. The Morgan fingerprint density at radius 1 is 0.842 bits per heavy atom. The van der Waals surface area contributed by atoms with Crippen LogP contribution in [-0.4, -0.2) is 7.05 Å². The summed E-state index contributed by atoms with van der Waals surface area (Å²) < 4.78 is 0. The quantitative estimate of drug-likeness (QED) is 0.775. The molecule has 0 saturated heterocycles. The van der Waals surface area contributed by atoms with Gasteiger partial charge in [0.25, 0.3) is 0 Å². The second-order valence-electron chi connectivity index (χ2n) is 4.21. The maximum atomic E-state index is 3.23. The Hall–Kier alpha value is -1.34. The van der Waals surface area contributed by atoms with E-state index < -0.39 is 0 Å². The standard InChI is InChI=1S/C15H19N.3CH4/c1-3-6-12-9-10-13(11-16-2)15-8-5-4-7-14(12)15;;;/h4-5,7-10,16H,3,6,11H2,1-2H3;3*1H4. The number of fused-ring (bicyclic) bond motifs is 1. The molecule has 1 heteroatoms. The molecule has 0 heterocycles. The number of aryl methyl sites for hydroxylation is 1. The monoisotopic (exact) mass is 261 g/mol. The van der Waals surface area contributed by atoms with Crippen LogP contribution < -0.4 is 5.32 Å². The molecule has 0 amide bonds. The lowest BCUT2D eigenvalue weighted by molar-refractivity contribution is 0.822. The summed E-state index contributed by atoms with van der Waals surface area (Å²) in [6.45, 7) is 3.17. The normalized spacial score (nSPS) is 9.16. The van der Waals surface area contributed by atoms with Crippen molar-refractivity contribution in [3.8, 4) is 0 Å². The number of hydrogen-bond acceptors (Lipinski definition) is 1. The SMILES string of the molecule is C.C.C.CCCc1ccc(CNC)c2ccccc12. The maximum Gasteiger partial charge on any atom is 0.0208 e. The zero-order chi connectivity index (χ0) is 11.4. The van der Waals surface area contributed by atoms with Crippen molar-refractivity contribution in [1.29, 1.82) is 0 Å². The van der Waals surface area contributed by atoms with Gasteiger partial charge in [-0.25, -0.2) is 0 Å². The van der Waals surface area contributed by atoms with Gasteiger partial charge in [-0.05, 0) is 35.4 Å². The van der Waals surface area contributed by atoms with E-state index in [-0.39, 0.29) is 22.3 Å². The van der Waals surface area contributed by atoms with Crippen LogP contribution in [0.15, 0.2) is 36.4 Å². The molecule has 0 saturated carbocycles. The molecule has 19 heavy (non-hydrogen) atoms. The van der Waals surface area contributed by atoms with Crippen LogP contribution in [0.5, 0.6) is 0 Å². The minimum Gasteiger partial charge on any atom is -0.316 e. The molecule has 0 aliphatic heterocycles. The smallest absolute Gasteiger partial charge is 0.0208 e. The highest BCUT2D eigenvalue weighted by Crippen LogP contribution is 2.23. The number of benzene rings is 2. The first-order valence-corrected chi connectivity index (χ1v) is 6.01. The van der Waals surface area contributed by atoms with E-state index in [0.29, 0.717) is 0 Å². The van der Waals surface area contributed by atoms with E-state index in [1.807, 2.05) is 7.05 Å². The molecule has 0 atom stereocenters. The molecule has 2 aromatic carbocycles. The Balaban J connectivity index is 0. The van der Waals surface area contributed by atoms with Crippen molar-refractivity contribution >= 4 is 10.8 Å². The zero-order valence-corrected chi connectivity index (χ0v) is 10.1. The van der Waals surface area contributed by atoms with Gasteiger partial charge in [-0.3, -0.25) is 0 Å². The first-order valence-electron chi connectivity index (χ1n) is 6.01. The van der Waals surface area contributed by atoms with Crippen LogP contribution in [0.3, 0.4) is 0 Å². The van der Waals surface area contributed by atoms with Gasteiger partial charge < -0.3 is 5.32 Å². The van der Waals surface area contributed by atoms with Crippen molar-refractivity contribution in [3.05, 3.63) is 47.5 Å². The minimum atomic E-state index is 0. The molecule has 0 spiro atoms. The van der Waals surface area contributed by atoms with E-state index in [0.717, 1.165) is 6.54 Å². The largest absolute Gasteiger partial charge is 0.316 e. The third-order valence-corrected chi connectivity index (χ3v) is 2.99. The lowest BCUT2D eigenvalue weighted by atomic mass is 9.97. The van der Waals surface area contributed by atoms with Crippen molar-refractivity contribution in [1.82, 2.24) is 5.32 Å². The average molecular weight is 261 g/mol. The molecule has 0 aliphatic rings. The van der Waals surface area contributed by atoms with Crippen LogP contribution in [0.1, 0.15) is 46.8 Å². The summed E-state index contributed by atoms with van der Waals surface area (Å²) in [4.78, 5) is 0. The van der Waals surface area contributed by atoms with Gasteiger partial charge in [0.05, 0.1) is 0 Å². The predicted octanol–water partition coefficient (Wildman–Crippen LogP) is 5.42. The molecule has 0 bridgehead atoms. The Kier molecular flexibility index (Phi) is 10.1. The van der Waals surface area contributed by atoms with Crippen molar-refractivity contribution in [2.75, 3.05) is 7.05 Å². The molecular formula is C18H31N. The van der Waals surface area contributed by atoms with E-state index in [4.69, 9.17) is 0 Å². The van der Waals surface area contributed by atoms with Crippen LogP contribution in [0, 0.1) is 0 Å². The molecule has 2 rings (SSSR count). The highest BCUT2D eigenvalue weighted by Gasteiger charge is 2.03. The zero-order valence-electron chi connectivity index (χ0n) is 10.1. The fourth-order valence-electron chi connectivity index (χ4n) is 2.26. The minimum absolute atomic E-state index is 0. The average Bonchev–Trinajstić information content (AvgIpc) is 2.33. The summed E-state index contributed by atoms with van der Waals surface area (Å²) in [6, 6.07) is 13.2. The lowest BCUT2D eigenvalue weighted by Crippen LogP contribution is -2.05. The second kappa shape index (κ2) is 9.57. The first-order chi connectivity index (χ1) is 7.86. The van der Waals surface area contributed by atoms with Gasteiger partial charge in [-0.1, -0.05) is 72.0 Å². The van der Waals surface area contributed by atoms with Crippen LogP contribution in [0.4, 0.5) is 0 Å².